The van der Waals surface area contributed by atoms with Gasteiger partial charge in [0, 0.05) is 19.2 Å². The van der Waals surface area contributed by atoms with Crippen LogP contribution in [-0.2, 0) is 0 Å². The van der Waals surface area contributed by atoms with Gasteiger partial charge in [-0.3, -0.25) is 9.59 Å². The SMILES string of the molecule is COc1ccc([C@@H]2c3c(oc4cc(OC)ccc4c3=O)C(=O)N2CCN(C)C)cc1. The van der Waals surface area contributed by atoms with E-state index in [1.54, 1.807) is 37.3 Å². The minimum absolute atomic E-state index is 0.0975. The number of likely N-dealkylation sites (N-methyl/N-ethyl adjacent to an activating group) is 1. The second-order valence-corrected chi connectivity index (χ2v) is 7.51. The van der Waals surface area contributed by atoms with E-state index >= 15 is 0 Å². The Hall–Kier alpha value is -3.32. The largest absolute Gasteiger partial charge is 0.497 e. The molecule has 0 saturated carbocycles. The average Bonchev–Trinajstić information content (AvgIpc) is 3.04. The highest BCUT2D eigenvalue weighted by Crippen LogP contribution is 2.38. The summed E-state index contributed by atoms with van der Waals surface area (Å²) in [5, 5.41) is 0.426. The van der Waals surface area contributed by atoms with Crippen molar-refractivity contribution in [2.75, 3.05) is 41.4 Å². The van der Waals surface area contributed by atoms with Crippen LogP contribution in [0.4, 0.5) is 0 Å². The van der Waals surface area contributed by atoms with Crippen molar-refractivity contribution in [3.63, 3.8) is 0 Å². The van der Waals surface area contributed by atoms with Gasteiger partial charge in [0.15, 0.2) is 5.43 Å². The average molecular weight is 408 g/mol. The molecule has 2 heterocycles. The molecule has 7 heteroatoms. The van der Waals surface area contributed by atoms with Crippen LogP contribution in [0.3, 0.4) is 0 Å². The van der Waals surface area contributed by atoms with Gasteiger partial charge in [0.1, 0.15) is 17.1 Å². The Labute approximate surface area is 174 Å². The van der Waals surface area contributed by atoms with E-state index in [1.807, 2.05) is 43.3 Å². The molecule has 1 atom stereocenters. The van der Waals surface area contributed by atoms with Crippen LogP contribution in [0, 0.1) is 0 Å². The maximum atomic E-state index is 13.4. The van der Waals surface area contributed by atoms with E-state index in [-0.39, 0.29) is 17.1 Å². The molecule has 1 aromatic heterocycles. The Morgan fingerprint density at radius 3 is 2.30 bits per heavy atom. The maximum absolute atomic E-state index is 13.4. The fourth-order valence-electron chi connectivity index (χ4n) is 3.80. The zero-order valence-electron chi connectivity index (χ0n) is 17.5. The minimum Gasteiger partial charge on any atom is -0.497 e. The third-order valence-corrected chi connectivity index (χ3v) is 5.39. The Morgan fingerprint density at radius 1 is 1.00 bits per heavy atom. The quantitative estimate of drug-likeness (QED) is 0.625. The van der Waals surface area contributed by atoms with Crippen LogP contribution in [0.2, 0.25) is 0 Å². The zero-order chi connectivity index (χ0) is 21.4. The molecule has 0 unspecified atom stereocenters. The van der Waals surface area contributed by atoms with Crippen molar-refractivity contribution < 1.29 is 18.7 Å². The lowest BCUT2D eigenvalue weighted by Gasteiger charge is -2.26. The number of carbonyl (C=O) groups is 1. The Balaban J connectivity index is 1.91. The van der Waals surface area contributed by atoms with Gasteiger partial charge >= 0.3 is 0 Å². The Morgan fingerprint density at radius 2 is 1.67 bits per heavy atom. The highest BCUT2D eigenvalue weighted by atomic mass is 16.5. The molecule has 7 nitrogen and oxygen atoms in total. The third kappa shape index (κ3) is 3.31. The van der Waals surface area contributed by atoms with Gasteiger partial charge in [-0.2, -0.15) is 0 Å². The molecule has 30 heavy (non-hydrogen) atoms. The summed E-state index contributed by atoms with van der Waals surface area (Å²) in [5.41, 5.74) is 1.35. The number of ether oxygens (including phenoxy) is 2. The molecule has 1 aliphatic heterocycles. The standard InChI is InChI=1S/C23H24N2O5/c1-24(2)11-12-25-20(14-5-7-15(28-3)8-6-14)19-21(26)17-10-9-16(29-4)13-18(17)30-22(19)23(25)27/h5-10,13,20H,11-12H2,1-4H3/t20-/m1/s1. The lowest BCUT2D eigenvalue weighted by atomic mass is 9.98. The molecule has 4 rings (SSSR count). The number of fused-ring (bicyclic) bond motifs is 2. The van der Waals surface area contributed by atoms with Crippen molar-refractivity contribution in [3.8, 4) is 11.5 Å². The van der Waals surface area contributed by atoms with E-state index in [0.717, 1.165) is 5.56 Å². The molecule has 1 aliphatic rings. The second kappa shape index (κ2) is 7.84. The van der Waals surface area contributed by atoms with Crippen LogP contribution in [0.1, 0.15) is 27.7 Å². The molecule has 0 fully saturated rings. The summed E-state index contributed by atoms with van der Waals surface area (Å²) in [4.78, 5) is 30.4. The van der Waals surface area contributed by atoms with Crippen molar-refractivity contribution in [2.24, 2.45) is 0 Å². The van der Waals surface area contributed by atoms with Crippen molar-refractivity contribution in [2.45, 2.75) is 6.04 Å². The summed E-state index contributed by atoms with van der Waals surface area (Å²) < 4.78 is 16.4. The first-order valence-electron chi connectivity index (χ1n) is 9.69. The van der Waals surface area contributed by atoms with Gasteiger partial charge in [0.2, 0.25) is 5.76 Å². The fourth-order valence-corrected chi connectivity index (χ4v) is 3.80. The Bertz CT molecular complexity index is 1150. The number of nitrogens with zero attached hydrogens (tertiary/aromatic N) is 2. The van der Waals surface area contributed by atoms with E-state index in [9.17, 15) is 9.59 Å². The molecule has 2 aromatic carbocycles. The smallest absolute Gasteiger partial charge is 0.290 e. The van der Waals surface area contributed by atoms with Crippen molar-refractivity contribution in [3.05, 3.63) is 69.6 Å². The van der Waals surface area contributed by atoms with E-state index in [0.29, 0.717) is 41.1 Å². The number of hydrogen-bond donors (Lipinski definition) is 0. The number of methoxy groups -OCH3 is 2. The van der Waals surface area contributed by atoms with Crippen LogP contribution in [0.5, 0.6) is 11.5 Å². The fraction of sp³-hybridized carbons (Fsp3) is 0.304. The minimum atomic E-state index is -0.513. The predicted molar refractivity (Wildman–Crippen MR) is 113 cm³/mol. The molecule has 156 valence electrons. The molecular weight excluding hydrogens is 384 g/mol. The van der Waals surface area contributed by atoms with Gasteiger partial charge in [-0.25, -0.2) is 0 Å². The number of rotatable bonds is 6. The zero-order valence-corrected chi connectivity index (χ0v) is 17.5. The second-order valence-electron chi connectivity index (χ2n) is 7.51. The maximum Gasteiger partial charge on any atom is 0.290 e. The normalized spacial score (nSPS) is 15.7. The van der Waals surface area contributed by atoms with Crippen LogP contribution >= 0.6 is 0 Å². The van der Waals surface area contributed by atoms with Crippen LogP contribution in [0.15, 0.2) is 51.7 Å². The van der Waals surface area contributed by atoms with E-state index < -0.39 is 6.04 Å². The number of hydrogen-bond acceptors (Lipinski definition) is 6. The summed E-state index contributed by atoms with van der Waals surface area (Å²) in [5.74, 6) is 1.09. The van der Waals surface area contributed by atoms with Gasteiger partial charge in [-0.15, -0.1) is 0 Å². The Kier molecular flexibility index (Phi) is 5.22. The van der Waals surface area contributed by atoms with Crippen molar-refractivity contribution in [1.82, 2.24) is 9.80 Å². The summed E-state index contributed by atoms with van der Waals surface area (Å²) in [6.45, 7) is 1.12. The van der Waals surface area contributed by atoms with E-state index in [4.69, 9.17) is 13.9 Å². The van der Waals surface area contributed by atoms with E-state index in [1.165, 1.54) is 0 Å². The van der Waals surface area contributed by atoms with Crippen molar-refractivity contribution in [1.29, 1.82) is 0 Å². The monoisotopic (exact) mass is 408 g/mol. The molecular formula is C23H24N2O5. The van der Waals surface area contributed by atoms with Gasteiger partial charge < -0.3 is 23.7 Å². The first-order valence-corrected chi connectivity index (χ1v) is 9.69. The lowest BCUT2D eigenvalue weighted by Crippen LogP contribution is -2.35. The molecule has 3 aromatic rings. The van der Waals surface area contributed by atoms with Gasteiger partial charge in [-0.1, -0.05) is 12.1 Å². The summed E-state index contributed by atoms with van der Waals surface area (Å²) in [7, 11) is 7.03. The first-order chi connectivity index (χ1) is 14.4. The molecule has 1 amide bonds. The molecule has 0 bridgehead atoms. The van der Waals surface area contributed by atoms with Crippen LogP contribution in [0.25, 0.3) is 11.0 Å². The van der Waals surface area contributed by atoms with Crippen LogP contribution < -0.4 is 14.9 Å². The molecule has 0 N–H and O–H groups in total. The summed E-state index contributed by atoms with van der Waals surface area (Å²) >= 11 is 0. The van der Waals surface area contributed by atoms with Gasteiger partial charge in [-0.05, 0) is 43.9 Å². The highest BCUT2D eigenvalue weighted by molar-refractivity contribution is 5.99. The summed E-state index contributed by atoms with van der Waals surface area (Å²) in [6, 6.07) is 11.9. The topological polar surface area (TPSA) is 72.2 Å². The number of amides is 1. The molecule has 0 aliphatic carbocycles. The highest BCUT2D eigenvalue weighted by Gasteiger charge is 2.42. The molecule has 0 saturated heterocycles. The molecule has 0 spiro atoms. The number of carbonyl (C=O) groups excluding carboxylic acids is 1. The lowest BCUT2D eigenvalue weighted by molar-refractivity contribution is 0.0716. The van der Waals surface area contributed by atoms with Crippen molar-refractivity contribution >= 4 is 16.9 Å². The first kappa shape index (κ1) is 20.0. The van der Waals surface area contributed by atoms with E-state index in [2.05, 4.69) is 0 Å². The van der Waals surface area contributed by atoms with Gasteiger partial charge in [0.05, 0.1) is 31.2 Å². The molecule has 0 radical (unpaired) electrons. The summed E-state index contributed by atoms with van der Waals surface area (Å²) in [6.07, 6.45) is 0. The third-order valence-electron chi connectivity index (χ3n) is 5.39. The van der Waals surface area contributed by atoms with Gasteiger partial charge in [0.25, 0.3) is 5.91 Å². The number of benzene rings is 2. The predicted octanol–water partition coefficient (Wildman–Crippen LogP) is 2.92. The van der Waals surface area contributed by atoms with Crippen LogP contribution in [-0.4, -0.2) is 57.1 Å².